The molecule has 0 spiro atoms. The van der Waals surface area contributed by atoms with Crippen LogP contribution in [0.15, 0.2) is 158 Å². The molecule has 0 bridgehead atoms. The molecular weight excluding hydrogens is 1220 g/mol. The number of carboxylic acids is 1. The molecular formula is C62H58F3N15O11S. The van der Waals surface area contributed by atoms with E-state index in [1.807, 2.05) is 54.8 Å². The van der Waals surface area contributed by atoms with Gasteiger partial charge in [0.25, 0.3) is 5.91 Å². The van der Waals surface area contributed by atoms with Crippen LogP contribution in [0.1, 0.15) is 60.6 Å². The highest BCUT2D eigenvalue weighted by molar-refractivity contribution is 7.12. The molecule has 10 N–H and O–H groups in total. The van der Waals surface area contributed by atoms with Gasteiger partial charge >= 0.3 is 18.2 Å². The van der Waals surface area contributed by atoms with E-state index in [0.29, 0.717) is 62.1 Å². The fraction of sp³-hybridized carbons (Fsp3) is 0.194. The lowest BCUT2D eigenvalue weighted by molar-refractivity contribution is -0.138. The molecule has 4 atom stereocenters. The number of alkyl halides is 3. The Kier molecular flexibility index (Phi) is 21.0. The molecule has 7 aromatic heterocycles. The van der Waals surface area contributed by atoms with Crippen molar-refractivity contribution in [3.63, 3.8) is 0 Å². The van der Waals surface area contributed by atoms with Gasteiger partial charge in [0.15, 0.2) is 17.4 Å². The summed E-state index contributed by atoms with van der Waals surface area (Å²) in [4.78, 5) is 83.5. The van der Waals surface area contributed by atoms with E-state index in [1.165, 1.54) is 53.4 Å². The maximum Gasteiger partial charge on any atom is 0.416 e. The molecule has 4 aromatic carbocycles. The number of ether oxygens (including phenoxy) is 3. The van der Waals surface area contributed by atoms with Crippen molar-refractivity contribution in [1.29, 1.82) is 0 Å². The van der Waals surface area contributed by atoms with Gasteiger partial charge in [-0.1, -0.05) is 42.5 Å². The molecule has 12 rings (SSSR count). The van der Waals surface area contributed by atoms with Crippen LogP contribution in [0.3, 0.4) is 0 Å². The zero-order valence-corrected chi connectivity index (χ0v) is 50.0. The highest BCUT2D eigenvalue weighted by atomic mass is 32.1. The third-order valence-corrected chi connectivity index (χ3v) is 14.5. The number of carbonyl (C=O) groups excluding carboxylic acids is 3. The highest BCUT2D eigenvalue weighted by Gasteiger charge is 2.44. The number of anilines is 5. The molecule has 1 saturated heterocycles. The molecule has 1 aliphatic rings. The minimum Gasteiger partial charge on any atom is -0.481 e. The first-order valence-electron chi connectivity index (χ1n) is 27.7. The van der Waals surface area contributed by atoms with Gasteiger partial charge in [0.1, 0.15) is 18.3 Å². The number of nitrogen functional groups attached to an aromatic ring is 1. The number of aryl methyl sites for hydroxylation is 3. The smallest absolute Gasteiger partial charge is 0.416 e. The Hall–Kier alpha value is -11.1. The number of halogens is 3. The van der Waals surface area contributed by atoms with Crippen LogP contribution in [0.2, 0.25) is 0 Å². The van der Waals surface area contributed by atoms with E-state index in [4.69, 9.17) is 25.4 Å². The van der Waals surface area contributed by atoms with E-state index in [-0.39, 0.29) is 46.9 Å². The number of hydrogen-bond donors (Lipinski definition) is 9. The predicted molar refractivity (Wildman–Crippen MR) is 333 cm³/mol. The van der Waals surface area contributed by atoms with Crippen LogP contribution in [0, 0.1) is 13.8 Å². The van der Waals surface area contributed by atoms with Crippen LogP contribution in [0.25, 0.3) is 39.1 Å². The maximum absolute atomic E-state index is 13.6. The Morgan fingerprint density at radius 1 is 0.826 bits per heavy atom. The van der Waals surface area contributed by atoms with Crippen LogP contribution in [0.4, 0.5) is 47.2 Å². The molecule has 0 unspecified atom stereocenters. The molecule has 92 heavy (non-hydrogen) atoms. The number of nitrogens with two attached hydrogens (primary N) is 1. The summed E-state index contributed by atoms with van der Waals surface area (Å²) in [6.07, 6.45) is 0.714. The molecule has 1 aliphatic heterocycles. The van der Waals surface area contributed by atoms with Gasteiger partial charge in [-0.05, 0) is 110 Å². The molecule has 1 fully saturated rings. The van der Waals surface area contributed by atoms with Crippen molar-refractivity contribution in [2.45, 2.75) is 57.4 Å². The van der Waals surface area contributed by atoms with Crippen LogP contribution >= 0.6 is 11.3 Å². The van der Waals surface area contributed by atoms with E-state index in [2.05, 4.69) is 65.5 Å². The number of nitrogens with one attached hydrogen (secondary N) is 4. The summed E-state index contributed by atoms with van der Waals surface area (Å²) in [5.41, 5.74) is 12.3. The number of carbonyl (C=O) groups is 4. The Morgan fingerprint density at radius 2 is 1.62 bits per heavy atom. The normalized spacial score (nSPS) is 15.0. The third-order valence-electron chi connectivity index (χ3n) is 13.6. The summed E-state index contributed by atoms with van der Waals surface area (Å²) in [7, 11) is 2.70. The second-order valence-electron chi connectivity index (χ2n) is 20.1. The molecule has 2 amide bonds. The largest absolute Gasteiger partial charge is 0.481 e. The number of aromatic nitrogens is 11. The summed E-state index contributed by atoms with van der Waals surface area (Å²) in [5.74, 6) is -0.587. The van der Waals surface area contributed by atoms with E-state index in [9.17, 15) is 42.6 Å². The van der Waals surface area contributed by atoms with E-state index >= 15 is 0 Å². The van der Waals surface area contributed by atoms with Gasteiger partial charge in [-0.25, -0.2) is 29.7 Å². The van der Waals surface area contributed by atoms with Gasteiger partial charge in [-0.15, -0.1) is 11.3 Å². The monoisotopic (exact) mass is 1280 g/mol. The van der Waals surface area contributed by atoms with Gasteiger partial charge in [0.2, 0.25) is 29.5 Å². The topological polar surface area (TPSA) is 368 Å². The van der Waals surface area contributed by atoms with Crippen LogP contribution < -0.4 is 26.4 Å². The summed E-state index contributed by atoms with van der Waals surface area (Å²) in [6.45, 7) is 3.17. The van der Waals surface area contributed by atoms with Crippen molar-refractivity contribution in [1.82, 2.24) is 54.0 Å². The number of aliphatic hydroxyl groups is 3. The zero-order valence-electron chi connectivity index (χ0n) is 49.2. The predicted octanol–water partition coefficient (Wildman–Crippen LogP) is 9.12. The van der Waals surface area contributed by atoms with Crippen molar-refractivity contribution < 1.29 is 67.0 Å². The fourth-order valence-corrected chi connectivity index (χ4v) is 9.71. The molecule has 30 heteroatoms. The zero-order chi connectivity index (χ0) is 65.6. The third kappa shape index (κ3) is 16.4. The molecule has 474 valence electrons. The standard InChI is InChI=1S/C28H22F3N7O.C14H11N3O3S.C11H15N5O5.C9H10O2/c1-17-5-6-19(10-25(17)37-27-33-9-7-24(36-27)20-4-3-8-32-14-20)26(39)35-22-11-21(28(29,30)31)12-23(13-22)38-15-18(2)34-16-38;1-20-14(19)17-13-15-9-5-4-8(7-10(9)16-13)12(18)11-3-2-6-21-11;1-20-9-5-8(14-11(12)15-9)16(3-13-5)10-7(19)6(18)4(2-17)21-10;10-9(11)7-6-8-4-2-1-3-5-8/h3-16H,1-2H3,(H,35,39)(H,33,36,37);2-7H,1H3,(H2,15,16,17,19);3-4,6-7,10,17-19H,2H2,1H3,(H2,12,14,15);1-5H,6-7H2,(H,10,11)/t;;4-,6-,7+,10-;/m..1./s1. The first-order valence-corrected chi connectivity index (χ1v) is 28.6. The van der Waals surface area contributed by atoms with E-state index in [1.54, 1.807) is 86.3 Å². The average Bonchev–Trinajstić information content (AvgIpc) is 1.61. The molecule has 26 nitrogen and oxygen atoms in total. The number of fused-ring (bicyclic) bond motifs is 2. The van der Waals surface area contributed by atoms with Crippen LogP contribution in [-0.4, -0.2) is 137 Å². The first kappa shape index (κ1) is 65.4. The lowest BCUT2D eigenvalue weighted by Crippen LogP contribution is -2.33. The number of carboxylic acid groups (broad SMARTS) is 1. The molecule has 0 aliphatic carbocycles. The number of hydrogen-bond acceptors (Lipinski definition) is 21. The molecule has 0 radical (unpaired) electrons. The quantitative estimate of drug-likeness (QED) is 0.0432. The number of aromatic amines is 1. The van der Waals surface area contributed by atoms with Gasteiger partial charge in [-0.3, -0.25) is 29.3 Å². The molecule has 8 heterocycles. The number of pyridine rings is 1. The summed E-state index contributed by atoms with van der Waals surface area (Å²) in [5, 5.41) is 47.4. The number of imidazole rings is 3. The van der Waals surface area contributed by atoms with Gasteiger partial charge < -0.3 is 60.6 Å². The lowest BCUT2D eigenvalue weighted by Gasteiger charge is -2.16. The number of thiophene rings is 1. The molecule has 0 saturated carbocycles. The Bertz CT molecular complexity index is 4360. The van der Waals surface area contributed by atoms with Gasteiger partial charge in [0.05, 0.1) is 66.3 Å². The SMILES string of the molecule is COC(=O)Nc1nc2ccc(C(=O)c3cccs3)cc2[nH]1.COc1nc(N)nc2c1ncn2[C@@H]1O[C@H](CO)[C@@H](O)[C@@H]1O.Cc1cn(-c2cc(NC(=O)c3ccc(C)c(Nc4nccc(-c5cccnc5)n4)c3)cc(C(F)(F)F)c2)cn1.O=C(O)CCc1ccccc1. The summed E-state index contributed by atoms with van der Waals surface area (Å²) in [6, 6.07) is 32.1. The number of ketones is 1. The van der Waals surface area contributed by atoms with Crippen LogP contribution in [-0.2, 0) is 26.9 Å². The second-order valence-corrected chi connectivity index (χ2v) is 21.0. The fourth-order valence-electron chi connectivity index (χ4n) is 9.02. The number of amides is 2. The first-order chi connectivity index (χ1) is 44.2. The van der Waals surface area contributed by atoms with Gasteiger partial charge in [-0.2, -0.15) is 23.1 Å². The number of rotatable bonds is 15. The highest BCUT2D eigenvalue weighted by Crippen LogP contribution is 2.35. The minimum absolute atomic E-state index is 0.00114. The number of methoxy groups -OCH3 is 2. The second kappa shape index (κ2) is 29.5. The number of H-pyrrole nitrogens is 1. The molecule has 11 aromatic rings. The van der Waals surface area contributed by atoms with Crippen molar-refractivity contribution >= 4 is 86.5 Å². The van der Waals surface area contributed by atoms with E-state index in [0.717, 1.165) is 28.8 Å². The van der Waals surface area contributed by atoms with E-state index < -0.39 is 60.9 Å². The number of aliphatic carboxylic acids is 1. The average molecular weight is 1280 g/mol. The summed E-state index contributed by atoms with van der Waals surface area (Å²) >= 11 is 1.40. The Labute approximate surface area is 524 Å². The minimum atomic E-state index is -4.60. The van der Waals surface area contributed by atoms with Crippen molar-refractivity contribution in [3.05, 3.63) is 196 Å². The van der Waals surface area contributed by atoms with Gasteiger partial charge in [0, 0.05) is 65.0 Å². The number of aliphatic hydroxyl groups excluding tert-OH is 3. The van der Waals surface area contributed by atoms with Crippen molar-refractivity contribution in [2.24, 2.45) is 0 Å². The number of nitrogens with zero attached hydrogens (tertiary/aromatic N) is 10. The van der Waals surface area contributed by atoms with Crippen molar-refractivity contribution in [3.8, 4) is 22.8 Å². The Balaban J connectivity index is 0.000000160. The Morgan fingerprint density at radius 3 is 2.29 bits per heavy atom. The lowest BCUT2D eigenvalue weighted by atomic mass is 10.1. The van der Waals surface area contributed by atoms with Crippen LogP contribution in [0.5, 0.6) is 5.88 Å². The summed E-state index contributed by atoms with van der Waals surface area (Å²) < 4.78 is 58.7. The van der Waals surface area contributed by atoms with Crippen molar-refractivity contribution in [2.75, 3.05) is 42.5 Å². The number of benzene rings is 4. The maximum atomic E-state index is 13.6.